The minimum Gasteiger partial charge on any atom is -0.467 e. The lowest BCUT2D eigenvalue weighted by molar-refractivity contribution is -0.151. The third-order valence-corrected chi connectivity index (χ3v) is 8.98. The van der Waals surface area contributed by atoms with Gasteiger partial charge in [-0.05, 0) is 46.9 Å². The third kappa shape index (κ3) is 8.93. The number of alkyl halides is 3. The molecule has 0 aliphatic carbocycles. The summed E-state index contributed by atoms with van der Waals surface area (Å²) in [6, 6.07) is 5.63. The molecule has 2 aromatic rings. The van der Waals surface area contributed by atoms with E-state index in [1.807, 2.05) is 18.2 Å². The summed E-state index contributed by atoms with van der Waals surface area (Å²) in [5.41, 5.74) is 0.556. The maximum Gasteiger partial charge on any atom is 0.416 e. The lowest BCUT2D eigenvalue weighted by Crippen LogP contribution is -2.53. The Hall–Kier alpha value is -4.11. The molecule has 5 rings (SSSR count). The molecule has 0 bridgehead atoms. The average molecular weight is 694 g/mol. The van der Waals surface area contributed by atoms with Crippen molar-refractivity contribution in [1.29, 1.82) is 0 Å². The zero-order valence-electron chi connectivity index (χ0n) is 28.1. The van der Waals surface area contributed by atoms with Gasteiger partial charge in [-0.15, -0.1) is 0 Å². The van der Waals surface area contributed by atoms with Gasteiger partial charge < -0.3 is 29.7 Å². The molecule has 268 valence electrons. The fourth-order valence-corrected chi connectivity index (χ4v) is 6.34. The second-order valence-corrected chi connectivity index (χ2v) is 13.7. The van der Waals surface area contributed by atoms with Crippen molar-refractivity contribution in [1.82, 2.24) is 14.7 Å². The van der Waals surface area contributed by atoms with E-state index in [2.05, 4.69) is 15.5 Å². The molecule has 2 fully saturated rings. The number of carbonyl (C=O) groups is 3. The first-order valence-corrected chi connectivity index (χ1v) is 16.3. The molecule has 3 aliphatic rings. The number of rotatable bonds is 9. The second kappa shape index (κ2) is 14.8. The highest BCUT2D eigenvalue weighted by Crippen LogP contribution is 2.35. The molecule has 3 aliphatic heterocycles. The maximum absolute atomic E-state index is 14.2. The molecule has 0 aromatic heterocycles. The van der Waals surface area contributed by atoms with Gasteiger partial charge in [-0.25, -0.2) is 14.0 Å². The van der Waals surface area contributed by atoms with E-state index < -0.39 is 59.1 Å². The van der Waals surface area contributed by atoms with Gasteiger partial charge >= 0.3 is 18.2 Å². The van der Waals surface area contributed by atoms with Crippen LogP contribution in [-0.4, -0.2) is 104 Å². The van der Waals surface area contributed by atoms with E-state index in [0.29, 0.717) is 19.2 Å². The van der Waals surface area contributed by atoms with E-state index in [1.54, 1.807) is 25.7 Å². The Kier molecular flexibility index (Phi) is 10.9. The van der Waals surface area contributed by atoms with Gasteiger partial charge in [-0.1, -0.05) is 26.8 Å². The van der Waals surface area contributed by atoms with Crippen LogP contribution in [0.15, 0.2) is 36.4 Å². The van der Waals surface area contributed by atoms with Crippen LogP contribution in [0, 0.1) is 11.2 Å². The number of likely N-dealkylation sites (tertiary alicyclic amines) is 1. The van der Waals surface area contributed by atoms with Gasteiger partial charge in [0.25, 0.3) is 0 Å². The highest BCUT2D eigenvalue weighted by atomic mass is 19.4. The lowest BCUT2D eigenvalue weighted by atomic mass is 9.85. The number of hydrogen-bond donors (Lipinski definition) is 2. The third-order valence-electron chi connectivity index (χ3n) is 8.98. The summed E-state index contributed by atoms with van der Waals surface area (Å²) in [7, 11) is 1.17. The number of nitrogens with zero attached hydrogens (tertiary/aromatic N) is 3. The molecule has 0 radical (unpaired) electrons. The predicted octanol–water partition coefficient (Wildman–Crippen LogP) is 4.71. The normalized spacial score (nSPS) is 20.5. The molecule has 3 atom stereocenters. The number of benzene rings is 2. The molecule has 3 unspecified atom stereocenters. The Morgan fingerprint density at radius 3 is 2.39 bits per heavy atom. The Morgan fingerprint density at radius 1 is 1.00 bits per heavy atom. The minimum atomic E-state index is -4.80. The van der Waals surface area contributed by atoms with Gasteiger partial charge in [0.1, 0.15) is 24.0 Å². The van der Waals surface area contributed by atoms with E-state index in [9.17, 15) is 31.9 Å². The molecule has 2 saturated heterocycles. The van der Waals surface area contributed by atoms with Crippen LogP contribution < -0.4 is 10.6 Å². The van der Waals surface area contributed by atoms with Crippen LogP contribution in [0.5, 0.6) is 0 Å². The number of ether oxygens (including phenoxy) is 3. The van der Waals surface area contributed by atoms with E-state index >= 15 is 0 Å². The number of fused-ring (bicyclic) bond motifs is 1. The van der Waals surface area contributed by atoms with Gasteiger partial charge in [0, 0.05) is 57.1 Å². The fourth-order valence-electron chi connectivity index (χ4n) is 6.34. The zero-order valence-corrected chi connectivity index (χ0v) is 28.1. The molecule has 15 heteroatoms. The summed E-state index contributed by atoms with van der Waals surface area (Å²) in [5, 5.41) is 6.19. The molecular formula is C34H43F4N5O6. The Bertz CT molecular complexity index is 1530. The van der Waals surface area contributed by atoms with Crippen LogP contribution >= 0.6 is 0 Å². The molecule has 0 spiro atoms. The Morgan fingerprint density at radius 2 is 1.71 bits per heavy atom. The van der Waals surface area contributed by atoms with Gasteiger partial charge in [0.05, 0.1) is 32.4 Å². The number of carbonyl (C=O) groups excluding carboxylic acids is 3. The number of nitrogens with one attached hydrogen (secondary N) is 2. The quantitative estimate of drug-likeness (QED) is 0.285. The molecular weight excluding hydrogens is 650 g/mol. The van der Waals surface area contributed by atoms with Crippen LogP contribution in [0.25, 0.3) is 0 Å². The number of amides is 2. The predicted molar refractivity (Wildman–Crippen MR) is 172 cm³/mol. The molecule has 0 saturated carbocycles. The Labute approximate surface area is 282 Å². The zero-order chi connectivity index (χ0) is 35.5. The van der Waals surface area contributed by atoms with Crippen molar-refractivity contribution in [2.45, 2.75) is 64.6 Å². The van der Waals surface area contributed by atoms with Crippen molar-refractivity contribution in [3.63, 3.8) is 0 Å². The number of halogens is 4. The topological polar surface area (TPSA) is 113 Å². The fraction of sp³-hybridized carbons (Fsp3) is 0.559. The molecule has 11 nitrogen and oxygen atoms in total. The van der Waals surface area contributed by atoms with Crippen molar-refractivity contribution in [2.24, 2.45) is 5.41 Å². The summed E-state index contributed by atoms with van der Waals surface area (Å²) in [6.45, 7) is 10.5. The van der Waals surface area contributed by atoms with Gasteiger partial charge in [-0.2, -0.15) is 13.2 Å². The monoisotopic (exact) mass is 693 g/mol. The van der Waals surface area contributed by atoms with Crippen molar-refractivity contribution in [2.75, 3.05) is 63.7 Å². The van der Waals surface area contributed by atoms with Crippen LogP contribution in [0.1, 0.15) is 43.9 Å². The number of morpholine rings is 1. The molecule has 3 heterocycles. The SMILES string of the molecule is COC(=O)C1CC(OC(=O)N2Cc3ccc(NCCN4CCOCC4)cc3C2)CN1C(=O)C(Nc1cc(F)cc(C(F)(F)F)c1)C(C)(C)C. The largest absolute Gasteiger partial charge is 0.467 e. The van der Waals surface area contributed by atoms with Crippen molar-refractivity contribution in [3.8, 4) is 0 Å². The Balaban J connectivity index is 1.23. The first-order chi connectivity index (χ1) is 23.1. The smallest absolute Gasteiger partial charge is 0.416 e. The van der Waals surface area contributed by atoms with Gasteiger partial charge in [-0.3, -0.25) is 14.6 Å². The van der Waals surface area contributed by atoms with E-state index in [0.717, 1.165) is 68.3 Å². The van der Waals surface area contributed by atoms with Crippen molar-refractivity contribution < 1.29 is 46.2 Å². The highest BCUT2D eigenvalue weighted by Gasteiger charge is 2.47. The summed E-state index contributed by atoms with van der Waals surface area (Å²) in [4.78, 5) is 45.2. The molecule has 49 heavy (non-hydrogen) atoms. The number of hydrogen-bond acceptors (Lipinski definition) is 9. The standard InChI is InChI=1S/C34H43F4N5O6/c1-33(2,3)29(40-26-15-23(34(36,37)38)14-24(35)16-26)30(44)43-20-27(17-28(43)31(45)47-4)49-32(46)42-18-21-5-6-25(13-22(21)19-42)39-7-8-41-9-11-48-12-10-41/h5-6,13-16,27-29,39-40H,7-12,17-20H2,1-4H3. The van der Waals surface area contributed by atoms with Crippen molar-refractivity contribution in [3.05, 3.63) is 58.9 Å². The second-order valence-electron chi connectivity index (χ2n) is 13.7. The number of methoxy groups -OCH3 is 1. The average Bonchev–Trinajstić information content (AvgIpc) is 3.67. The highest BCUT2D eigenvalue weighted by molar-refractivity contribution is 5.90. The maximum atomic E-state index is 14.2. The van der Waals surface area contributed by atoms with E-state index in [-0.39, 0.29) is 18.7 Å². The first kappa shape index (κ1) is 36.2. The first-order valence-electron chi connectivity index (χ1n) is 16.3. The van der Waals surface area contributed by atoms with Gasteiger partial charge in [0.15, 0.2) is 0 Å². The van der Waals surface area contributed by atoms with Crippen LogP contribution in [-0.2, 0) is 43.1 Å². The molecule has 2 aromatic carbocycles. The summed E-state index contributed by atoms with van der Waals surface area (Å²) in [6.07, 6.45) is -6.29. The molecule has 2 N–H and O–H groups in total. The number of anilines is 2. The van der Waals surface area contributed by atoms with Crippen LogP contribution in [0.3, 0.4) is 0 Å². The minimum absolute atomic E-state index is 0.0306. The number of esters is 1. The summed E-state index contributed by atoms with van der Waals surface area (Å²) < 4.78 is 70.5. The van der Waals surface area contributed by atoms with Crippen LogP contribution in [0.2, 0.25) is 0 Å². The lowest BCUT2D eigenvalue weighted by Gasteiger charge is -2.35. The molecule has 2 amide bonds. The van der Waals surface area contributed by atoms with E-state index in [4.69, 9.17) is 14.2 Å². The van der Waals surface area contributed by atoms with Crippen molar-refractivity contribution >= 4 is 29.3 Å². The van der Waals surface area contributed by atoms with Gasteiger partial charge in [0.2, 0.25) is 5.91 Å². The van der Waals surface area contributed by atoms with E-state index in [1.165, 1.54) is 12.0 Å². The van der Waals surface area contributed by atoms with Crippen LogP contribution in [0.4, 0.5) is 33.7 Å². The summed E-state index contributed by atoms with van der Waals surface area (Å²) in [5.74, 6) is -2.49. The summed E-state index contributed by atoms with van der Waals surface area (Å²) >= 11 is 0.